The van der Waals surface area contributed by atoms with E-state index in [0.717, 1.165) is 31.5 Å². The lowest BCUT2D eigenvalue weighted by Gasteiger charge is -2.30. The van der Waals surface area contributed by atoms with Gasteiger partial charge < -0.3 is 10.2 Å². The van der Waals surface area contributed by atoms with Crippen LogP contribution in [0.25, 0.3) is 0 Å². The lowest BCUT2D eigenvalue weighted by atomic mass is 9.87. The molecule has 0 saturated carbocycles. The van der Waals surface area contributed by atoms with E-state index in [1.807, 2.05) is 23.1 Å². The summed E-state index contributed by atoms with van der Waals surface area (Å²) in [5.74, 6) is 0. The van der Waals surface area contributed by atoms with E-state index in [4.69, 9.17) is 0 Å². The van der Waals surface area contributed by atoms with Crippen LogP contribution in [0.2, 0.25) is 0 Å². The van der Waals surface area contributed by atoms with Gasteiger partial charge in [-0.25, -0.2) is 4.79 Å². The summed E-state index contributed by atoms with van der Waals surface area (Å²) in [6.07, 6.45) is 5.04. The molecule has 2 amide bonds. The lowest BCUT2D eigenvalue weighted by molar-refractivity contribution is 0.174. The summed E-state index contributed by atoms with van der Waals surface area (Å²) in [5.41, 5.74) is 1.15. The lowest BCUT2D eigenvalue weighted by Crippen LogP contribution is -2.43. The second-order valence-corrected chi connectivity index (χ2v) is 6.73. The molecule has 0 spiro atoms. The third-order valence-corrected chi connectivity index (χ3v) is 3.63. The molecule has 1 unspecified atom stereocenters. The molecule has 1 aliphatic heterocycles. The van der Waals surface area contributed by atoms with Crippen molar-refractivity contribution in [1.82, 2.24) is 15.2 Å². The fourth-order valence-corrected chi connectivity index (χ4v) is 2.79. The summed E-state index contributed by atoms with van der Waals surface area (Å²) in [6, 6.07) is 6.16. The number of carbonyl (C=O) groups excluding carboxylic acids is 1. The van der Waals surface area contributed by atoms with Crippen LogP contribution in [-0.4, -0.2) is 28.5 Å². The number of urea groups is 1. The van der Waals surface area contributed by atoms with E-state index in [-0.39, 0.29) is 11.4 Å². The van der Waals surface area contributed by atoms with Crippen molar-refractivity contribution in [2.75, 3.05) is 6.54 Å². The number of hydrogen-bond donors (Lipinski definition) is 1. The molecule has 1 N–H and O–H groups in total. The largest absolute Gasteiger partial charge is 0.332 e. The normalized spacial score (nSPS) is 19.1. The maximum atomic E-state index is 12.3. The first-order chi connectivity index (χ1) is 9.46. The zero-order chi connectivity index (χ0) is 14.6. The van der Waals surface area contributed by atoms with Crippen LogP contribution in [0.15, 0.2) is 24.4 Å². The van der Waals surface area contributed by atoms with E-state index in [2.05, 4.69) is 31.1 Å². The molecule has 0 aromatic carbocycles. The highest BCUT2D eigenvalue weighted by Crippen LogP contribution is 2.29. The predicted molar refractivity (Wildman–Crippen MR) is 80.3 cm³/mol. The first-order valence-electron chi connectivity index (χ1n) is 7.40. The molecular weight excluding hydrogens is 250 g/mol. The van der Waals surface area contributed by atoms with Crippen molar-refractivity contribution in [1.29, 1.82) is 0 Å². The van der Waals surface area contributed by atoms with Crippen LogP contribution in [0.5, 0.6) is 0 Å². The Hall–Kier alpha value is -1.58. The highest BCUT2D eigenvalue weighted by Gasteiger charge is 2.31. The Bertz CT molecular complexity index is 439. The molecule has 20 heavy (non-hydrogen) atoms. The fourth-order valence-electron chi connectivity index (χ4n) is 2.79. The van der Waals surface area contributed by atoms with Crippen LogP contribution in [0, 0.1) is 5.41 Å². The van der Waals surface area contributed by atoms with Crippen LogP contribution in [0.4, 0.5) is 4.79 Å². The molecule has 110 valence electrons. The topological polar surface area (TPSA) is 45.2 Å². The van der Waals surface area contributed by atoms with Crippen molar-refractivity contribution < 1.29 is 4.79 Å². The second-order valence-electron chi connectivity index (χ2n) is 6.73. The highest BCUT2D eigenvalue weighted by molar-refractivity contribution is 5.74. The monoisotopic (exact) mass is 275 g/mol. The number of carbonyl (C=O) groups is 1. The standard InChI is InChI=1S/C16H25N3O/c1-16(2,3)11-14-8-6-10-19(14)15(20)18-12-13-7-4-5-9-17-13/h4-5,7,9,14H,6,8,10-12H2,1-3H3,(H,18,20). The van der Waals surface area contributed by atoms with E-state index in [9.17, 15) is 4.79 Å². The SMILES string of the molecule is CC(C)(C)CC1CCCN1C(=O)NCc1ccccn1. The van der Waals surface area contributed by atoms with Crippen molar-refractivity contribution >= 4 is 6.03 Å². The number of rotatable bonds is 3. The van der Waals surface area contributed by atoms with E-state index in [1.165, 1.54) is 0 Å². The molecule has 1 fully saturated rings. The van der Waals surface area contributed by atoms with Gasteiger partial charge in [0.2, 0.25) is 0 Å². The molecule has 4 nitrogen and oxygen atoms in total. The maximum Gasteiger partial charge on any atom is 0.317 e. The molecule has 1 aromatic rings. The molecule has 2 rings (SSSR count). The molecule has 0 aliphatic carbocycles. The number of hydrogen-bond acceptors (Lipinski definition) is 2. The first kappa shape index (κ1) is 14.8. The number of pyridine rings is 1. The van der Waals surface area contributed by atoms with Crippen molar-refractivity contribution in [2.45, 2.75) is 52.6 Å². The van der Waals surface area contributed by atoms with Gasteiger partial charge in [-0.2, -0.15) is 0 Å². The van der Waals surface area contributed by atoms with Gasteiger partial charge in [-0.3, -0.25) is 4.98 Å². The minimum atomic E-state index is 0.0439. The molecule has 0 bridgehead atoms. The van der Waals surface area contributed by atoms with Gasteiger partial charge in [-0.05, 0) is 36.8 Å². The summed E-state index contributed by atoms with van der Waals surface area (Å²) >= 11 is 0. The van der Waals surface area contributed by atoms with Gasteiger partial charge in [0, 0.05) is 18.8 Å². The third-order valence-electron chi connectivity index (χ3n) is 3.63. The Morgan fingerprint density at radius 2 is 2.25 bits per heavy atom. The van der Waals surface area contributed by atoms with Gasteiger partial charge in [0.25, 0.3) is 0 Å². The Morgan fingerprint density at radius 1 is 1.45 bits per heavy atom. The number of likely N-dealkylation sites (tertiary alicyclic amines) is 1. The molecule has 1 aromatic heterocycles. The van der Waals surface area contributed by atoms with Crippen molar-refractivity contribution in [2.24, 2.45) is 5.41 Å². The van der Waals surface area contributed by atoms with Gasteiger partial charge in [0.15, 0.2) is 0 Å². The molecule has 1 aliphatic rings. The van der Waals surface area contributed by atoms with Crippen LogP contribution >= 0.6 is 0 Å². The average Bonchev–Trinajstić information content (AvgIpc) is 2.83. The highest BCUT2D eigenvalue weighted by atomic mass is 16.2. The first-order valence-corrected chi connectivity index (χ1v) is 7.40. The number of nitrogens with one attached hydrogen (secondary N) is 1. The molecular formula is C16H25N3O. The fraction of sp³-hybridized carbons (Fsp3) is 0.625. The average molecular weight is 275 g/mol. The van der Waals surface area contributed by atoms with Gasteiger partial charge in [-0.1, -0.05) is 26.8 Å². The third kappa shape index (κ3) is 4.22. The quantitative estimate of drug-likeness (QED) is 0.920. The Kier molecular flexibility index (Phi) is 4.63. The summed E-state index contributed by atoms with van der Waals surface area (Å²) in [7, 11) is 0. The van der Waals surface area contributed by atoms with E-state index < -0.39 is 0 Å². The minimum Gasteiger partial charge on any atom is -0.332 e. The molecule has 0 radical (unpaired) electrons. The summed E-state index contributed by atoms with van der Waals surface area (Å²) in [6.45, 7) is 8.06. The van der Waals surface area contributed by atoms with Crippen molar-refractivity contribution in [3.05, 3.63) is 30.1 Å². The minimum absolute atomic E-state index is 0.0439. The number of aromatic nitrogens is 1. The molecule has 1 atom stereocenters. The van der Waals surface area contributed by atoms with E-state index in [0.29, 0.717) is 12.6 Å². The molecule has 4 heteroatoms. The second kappa shape index (κ2) is 6.25. The van der Waals surface area contributed by atoms with Crippen LogP contribution < -0.4 is 5.32 Å². The van der Waals surface area contributed by atoms with Gasteiger partial charge >= 0.3 is 6.03 Å². The van der Waals surface area contributed by atoms with Gasteiger partial charge in [0.1, 0.15) is 0 Å². The van der Waals surface area contributed by atoms with Crippen LogP contribution in [-0.2, 0) is 6.54 Å². The number of nitrogens with zero attached hydrogens (tertiary/aromatic N) is 2. The van der Waals surface area contributed by atoms with Crippen LogP contribution in [0.1, 0.15) is 45.7 Å². The van der Waals surface area contributed by atoms with Crippen molar-refractivity contribution in [3.8, 4) is 0 Å². The Balaban J connectivity index is 1.88. The molecule has 1 saturated heterocycles. The van der Waals surface area contributed by atoms with Gasteiger partial charge in [-0.15, -0.1) is 0 Å². The summed E-state index contributed by atoms with van der Waals surface area (Å²) < 4.78 is 0. The van der Waals surface area contributed by atoms with Crippen LogP contribution in [0.3, 0.4) is 0 Å². The molecule has 2 heterocycles. The zero-order valence-corrected chi connectivity index (χ0v) is 12.7. The predicted octanol–water partition coefficient (Wildman–Crippen LogP) is 3.19. The smallest absolute Gasteiger partial charge is 0.317 e. The maximum absolute atomic E-state index is 12.3. The zero-order valence-electron chi connectivity index (χ0n) is 12.7. The Morgan fingerprint density at radius 3 is 2.90 bits per heavy atom. The summed E-state index contributed by atoms with van der Waals surface area (Å²) in [5, 5.41) is 2.98. The van der Waals surface area contributed by atoms with Gasteiger partial charge in [0.05, 0.1) is 12.2 Å². The Labute approximate surface area is 121 Å². The summed E-state index contributed by atoms with van der Waals surface area (Å²) in [4.78, 5) is 18.5. The van der Waals surface area contributed by atoms with Crippen molar-refractivity contribution in [3.63, 3.8) is 0 Å². The van der Waals surface area contributed by atoms with E-state index in [1.54, 1.807) is 6.20 Å². The number of amides is 2. The van der Waals surface area contributed by atoms with E-state index >= 15 is 0 Å².